The minimum absolute atomic E-state index is 0.161. The molecule has 0 saturated carbocycles. The molecular formula is C44H60S4. The van der Waals surface area contributed by atoms with Crippen LogP contribution in [0.1, 0.15) is 151 Å². The maximum atomic E-state index is 2.61. The van der Waals surface area contributed by atoms with Crippen molar-refractivity contribution in [3.63, 3.8) is 0 Å². The molecule has 0 aliphatic heterocycles. The van der Waals surface area contributed by atoms with Gasteiger partial charge in [0, 0.05) is 38.7 Å². The number of fused-ring (bicyclic) bond motifs is 2. The fraction of sp³-hybridized carbons (Fsp3) is 0.545. The van der Waals surface area contributed by atoms with Crippen LogP contribution in [0.3, 0.4) is 0 Å². The molecule has 0 spiro atoms. The van der Waals surface area contributed by atoms with Crippen LogP contribution in [0, 0.1) is 11.8 Å². The Morgan fingerprint density at radius 3 is 1.60 bits per heavy atom. The Balaban J connectivity index is 1.63. The number of rotatable bonds is 15. The normalized spacial score (nSPS) is 14.2. The summed E-state index contributed by atoms with van der Waals surface area (Å²) in [5.41, 5.74) is 3.64. The lowest BCUT2D eigenvalue weighted by Crippen LogP contribution is -2.08. The Hall–Kier alpha value is -1.72. The minimum atomic E-state index is 0.161. The van der Waals surface area contributed by atoms with Gasteiger partial charge in [0.15, 0.2) is 0 Å². The lowest BCUT2D eigenvalue weighted by atomic mass is 9.86. The zero-order valence-electron chi connectivity index (χ0n) is 31.5. The fourth-order valence-electron chi connectivity index (χ4n) is 6.87. The first kappa shape index (κ1) is 37.5. The van der Waals surface area contributed by atoms with Gasteiger partial charge in [0.05, 0.1) is 0 Å². The maximum absolute atomic E-state index is 2.61. The third-order valence-electron chi connectivity index (χ3n) is 10.1. The zero-order valence-corrected chi connectivity index (χ0v) is 34.7. The van der Waals surface area contributed by atoms with E-state index in [1.54, 1.807) is 31.3 Å². The van der Waals surface area contributed by atoms with E-state index in [0.29, 0.717) is 0 Å². The van der Waals surface area contributed by atoms with E-state index in [-0.39, 0.29) is 10.8 Å². The van der Waals surface area contributed by atoms with E-state index in [0.717, 1.165) is 11.8 Å². The van der Waals surface area contributed by atoms with Gasteiger partial charge in [-0.1, -0.05) is 121 Å². The van der Waals surface area contributed by atoms with Crippen LogP contribution in [-0.4, -0.2) is 0 Å². The van der Waals surface area contributed by atoms with Crippen LogP contribution in [0.4, 0.5) is 0 Å². The Morgan fingerprint density at radius 2 is 1.08 bits per heavy atom. The van der Waals surface area contributed by atoms with Crippen molar-refractivity contribution in [3.8, 4) is 9.75 Å². The van der Waals surface area contributed by atoms with Crippen molar-refractivity contribution in [2.24, 2.45) is 11.8 Å². The van der Waals surface area contributed by atoms with Crippen molar-refractivity contribution < 1.29 is 0 Å². The molecule has 0 nitrogen and oxygen atoms in total. The SMILES string of the molecule is CCCCC(CC)Cc1c2cc(C(C)(C)C)sc2c(CC(CC)CCCC)c2cc(-c3ccc(/C=C/c4ccc(C(C)(C)C)s4)s3)sc12. The summed E-state index contributed by atoms with van der Waals surface area (Å²) in [5.74, 6) is 1.49. The van der Waals surface area contributed by atoms with Crippen molar-refractivity contribution >= 4 is 77.7 Å². The summed E-state index contributed by atoms with van der Waals surface area (Å²) in [6.45, 7) is 23.6. The van der Waals surface area contributed by atoms with Gasteiger partial charge >= 0.3 is 0 Å². The van der Waals surface area contributed by atoms with Crippen LogP contribution in [0.5, 0.6) is 0 Å². The number of thiophene rings is 4. The van der Waals surface area contributed by atoms with Gasteiger partial charge in [0.25, 0.3) is 0 Å². The average Bonchev–Trinajstić information content (AvgIpc) is 3.85. The topological polar surface area (TPSA) is 0 Å². The zero-order chi connectivity index (χ0) is 34.6. The fourth-order valence-corrected chi connectivity index (χ4v) is 11.4. The molecule has 2 atom stereocenters. The molecule has 0 saturated heterocycles. The monoisotopic (exact) mass is 716 g/mol. The average molecular weight is 717 g/mol. The largest absolute Gasteiger partial charge is 0.140 e. The van der Waals surface area contributed by atoms with Crippen molar-refractivity contribution in [1.82, 2.24) is 0 Å². The lowest BCUT2D eigenvalue weighted by molar-refractivity contribution is 0.450. The molecule has 4 heterocycles. The molecule has 4 heteroatoms. The molecule has 0 fully saturated rings. The molecule has 4 aromatic heterocycles. The van der Waals surface area contributed by atoms with Gasteiger partial charge in [-0.3, -0.25) is 0 Å². The number of benzene rings is 1. The number of hydrogen-bond donors (Lipinski definition) is 0. The molecular weight excluding hydrogens is 657 g/mol. The maximum Gasteiger partial charge on any atom is 0.0455 e. The smallest absolute Gasteiger partial charge is 0.0455 e. The van der Waals surface area contributed by atoms with Gasteiger partial charge < -0.3 is 0 Å². The van der Waals surface area contributed by atoms with Crippen LogP contribution >= 0.6 is 45.3 Å². The van der Waals surface area contributed by atoms with E-state index < -0.39 is 0 Å². The first-order valence-electron chi connectivity index (χ1n) is 18.8. The Bertz CT molecular complexity index is 1730. The van der Waals surface area contributed by atoms with Crippen molar-refractivity contribution in [3.05, 3.63) is 67.0 Å². The molecule has 260 valence electrons. The summed E-state index contributed by atoms with van der Waals surface area (Å²) in [7, 11) is 0. The molecule has 5 rings (SSSR count). The summed E-state index contributed by atoms with van der Waals surface area (Å²) >= 11 is 8.05. The second-order valence-corrected chi connectivity index (χ2v) is 20.5. The molecule has 5 aromatic rings. The molecule has 0 radical (unpaired) electrons. The first-order chi connectivity index (χ1) is 22.9. The third-order valence-corrected chi connectivity index (χ3v) is 15.7. The molecule has 0 N–H and O–H groups in total. The van der Waals surface area contributed by atoms with E-state index in [2.05, 4.69) is 140 Å². The van der Waals surface area contributed by atoms with E-state index in [1.807, 2.05) is 22.7 Å². The highest BCUT2D eigenvalue weighted by molar-refractivity contribution is 7.26. The lowest BCUT2D eigenvalue weighted by Gasteiger charge is -2.20. The van der Waals surface area contributed by atoms with Crippen molar-refractivity contribution in [2.75, 3.05) is 0 Å². The van der Waals surface area contributed by atoms with Gasteiger partial charge in [-0.05, 0) is 106 Å². The van der Waals surface area contributed by atoms with Crippen LogP contribution < -0.4 is 0 Å². The molecule has 1 aromatic carbocycles. The Morgan fingerprint density at radius 1 is 0.562 bits per heavy atom. The van der Waals surface area contributed by atoms with Gasteiger partial charge in [0.1, 0.15) is 0 Å². The van der Waals surface area contributed by atoms with Crippen molar-refractivity contribution in [1.29, 1.82) is 0 Å². The molecule has 48 heavy (non-hydrogen) atoms. The highest BCUT2D eigenvalue weighted by Crippen LogP contribution is 2.48. The summed E-state index contributed by atoms with van der Waals surface area (Å²) in [5, 5.41) is 3.13. The van der Waals surface area contributed by atoms with Crippen LogP contribution in [0.15, 0.2) is 36.4 Å². The minimum Gasteiger partial charge on any atom is -0.140 e. The Labute approximate surface area is 308 Å². The van der Waals surface area contributed by atoms with Crippen molar-refractivity contribution in [2.45, 2.75) is 144 Å². The summed E-state index contributed by atoms with van der Waals surface area (Å²) in [6, 6.07) is 14.5. The molecule has 0 aliphatic carbocycles. The third kappa shape index (κ3) is 8.76. The highest BCUT2D eigenvalue weighted by atomic mass is 32.1. The molecule has 0 amide bonds. The van der Waals surface area contributed by atoms with Gasteiger partial charge in [-0.2, -0.15) is 0 Å². The Kier molecular flexibility index (Phi) is 12.6. The highest BCUT2D eigenvalue weighted by Gasteiger charge is 2.26. The van der Waals surface area contributed by atoms with Gasteiger partial charge in [-0.25, -0.2) is 0 Å². The van der Waals surface area contributed by atoms with E-state index in [9.17, 15) is 0 Å². The standard InChI is InChI=1S/C44H60S4/c1-11-15-17-29(13-3)25-33-35-27-38(37-23-21-31(45-37)19-20-32-22-24-39(46-32)43(5,6)7)47-41(35)34(26-30(14-4)18-16-12-2)36-28-40(44(8,9)10)48-42(33)36/h19-24,27-30H,11-18,25-26H2,1-10H3/b20-19+. The van der Waals surface area contributed by atoms with E-state index >= 15 is 0 Å². The van der Waals surface area contributed by atoms with Gasteiger partial charge in [0.2, 0.25) is 0 Å². The second kappa shape index (κ2) is 16.1. The van der Waals surface area contributed by atoms with Crippen LogP contribution in [0.2, 0.25) is 0 Å². The molecule has 0 aliphatic rings. The van der Waals surface area contributed by atoms with Crippen LogP contribution in [-0.2, 0) is 23.7 Å². The first-order valence-corrected chi connectivity index (χ1v) is 22.0. The van der Waals surface area contributed by atoms with E-state index in [1.165, 1.54) is 93.5 Å². The van der Waals surface area contributed by atoms with Gasteiger partial charge in [-0.15, -0.1) is 45.3 Å². The summed E-state index contributed by atoms with van der Waals surface area (Å²) in [4.78, 5) is 8.50. The molecule has 2 unspecified atom stereocenters. The predicted octanol–water partition coefficient (Wildman–Crippen LogP) is 16.2. The molecule has 0 bridgehead atoms. The predicted molar refractivity (Wildman–Crippen MR) is 225 cm³/mol. The summed E-state index contributed by atoms with van der Waals surface area (Å²) < 4.78 is 3.16. The van der Waals surface area contributed by atoms with E-state index in [4.69, 9.17) is 0 Å². The second-order valence-electron chi connectivity index (χ2n) is 16.1. The number of hydrogen-bond acceptors (Lipinski definition) is 4. The number of unbranched alkanes of at least 4 members (excludes halogenated alkanes) is 2. The quantitative estimate of drug-likeness (QED) is 0.101. The van der Waals surface area contributed by atoms with Crippen LogP contribution in [0.25, 0.3) is 42.1 Å². The summed E-state index contributed by atoms with van der Waals surface area (Å²) in [6.07, 6.45) is 17.5.